The largest absolute Gasteiger partial charge is 0.482 e. The Kier molecular flexibility index (Phi) is 6.13. The van der Waals surface area contributed by atoms with Crippen molar-refractivity contribution in [2.45, 2.75) is 19.4 Å². The van der Waals surface area contributed by atoms with Gasteiger partial charge in [0.1, 0.15) is 23.5 Å². The molecule has 9 nitrogen and oxygen atoms in total. The summed E-state index contributed by atoms with van der Waals surface area (Å²) >= 11 is 2.66. The van der Waals surface area contributed by atoms with Gasteiger partial charge in [0.2, 0.25) is 0 Å². The Balaban J connectivity index is 1.27. The predicted octanol–water partition coefficient (Wildman–Crippen LogP) is 7.87. The number of ether oxygens (including phenoxy) is 1. The van der Waals surface area contributed by atoms with Gasteiger partial charge in [-0.1, -0.05) is 12.1 Å². The van der Waals surface area contributed by atoms with Crippen molar-refractivity contribution in [3.63, 3.8) is 0 Å². The lowest BCUT2D eigenvalue weighted by molar-refractivity contribution is 0.0975. The molecule has 0 fully saturated rings. The minimum atomic E-state index is -0.792. The summed E-state index contributed by atoms with van der Waals surface area (Å²) < 4.78 is 6.33. The molecule has 216 valence electrons. The van der Waals surface area contributed by atoms with Crippen LogP contribution in [-0.4, -0.2) is 23.1 Å². The Hall–Kier alpha value is -6.24. The molecule has 3 aliphatic rings. The lowest BCUT2D eigenvalue weighted by Gasteiger charge is -2.31. The number of hydrogen-bond acceptors (Lipinski definition) is 9. The van der Waals surface area contributed by atoms with Crippen LogP contribution in [0, 0.1) is 35.8 Å². The number of allylic oxidation sites excluding steroid dienone is 2. The van der Waals surface area contributed by atoms with Gasteiger partial charge in [0.25, 0.3) is 0 Å². The number of carbonyl (C=O) groups is 4. The number of Topliss-reactive ketones (excluding diaryl/α,β-unsaturated/α-hetero) is 4. The second-order valence-corrected chi connectivity index (χ2v) is 13.2. The van der Waals surface area contributed by atoms with Gasteiger partial charge in [-0.05, 0) is 50.3 Å². The molecule has 0 saturated carbocycles. The minimum Gasteiger partial charge on any atom is -0.482 e. The van der Waals surface area contributed by atoms with Crippen molar-refractivity contribution in [3.05, 3.63) is 119 Å². The van der Waals surface area contributed by atoms with Crippen LogP contribution < -0.4 is 4.74 Å². The fourth-order valence-corrected chi connectivity index (χ4v) is 8.18. The Morgan fingerprint density at radius 1 is 0.696 bits per heavy atom. The number of fused-ring (bicyclic) bond motifs is 5. The molecule has 2 aromatic heterocycles. The van der Waals surface area contributed by atoms with Gasteiger partial charge in [-0.15, -0.1) is 22.7 Å². The summed E-state index contributed by atoms with van der Waals surface area (Å²) in [6, 6.07) is 12.5. The summed E-state index contributed by atoms with van der Waals surface area (Å²) in [6.07, 6.45) is 3.01. The van der Waals surface area contributed by atoms with E-state index in [1.165, 1.54) is 59.1 Å². The van der Waals surface area contributed by atoms with E-state index in [1.54, 1.807) is 6.07 Å². The van der Waals surface area contributed by atoms with E-state index in [2.05, 4.69) is 9.69 Å². The lowest BCUT2D eigenvalue weighted by Crippen LogP contribution is -2.27. The second-order valence-electron chi connectivity index (χ2n) is 11.1. The average Bonchev–Trinajstić information content (AvgIpc) is 3.77. The molecule has 7 rings (SSSR count). The standard InChI is InChI=1S/C35H14N4O5S2/c1-35(2)25-9-17(7-23-31(42)21-11-26(38-3)27(39-4)12-22(21)32(23)43)45-33(25)34-28(44-35)10-18(46-34)8-24-29(40)19-5-15(13-36)16(14-37)6-20(19)30(24)41/h5-12H,1-2H3. The van der Waals surface area contributed by atoms with Gasteiger partial charge in [-0.25, -0.2) is 0 Å². The van der Waals surface area contributed by atoms with Crippen LogP contribution in [0.3, 0.4) is 0 Å². The van der Waals surface area contributed by atoms with E-state index in [0.29, 0.717) is 15.5 Å². The molecule has 11 heteroatoms. The van der Waals surface area contributed by atoms with E-state index in [9.17, 15) is 29.7 Å². The zero-order chi connectivity index (χ0) is 32.7. The van der Waals surface area contributed by atoms with Crippen LogP contribution in [0.15, 0.2) is 47.5 Å². The van der Waals surface area contributed by atoms with Crippen LogP contribution in [0.2, 0.25) is 0 Å². The van der Waals surface area contributed by atoms with Gasteiger partial charge >= 0.3 is 0 Å². The molecule has 0 unspecified atom stereocenters. The van der Waals surface area contributed by atoms with Gasteiger partial charge in [-0.2, -0.15) is 10.5 Å². The fourth-order valence-electron chi connectivity index (χ4n) is 5.75. The predicted molar refractivity (Wildman–Crippen MR) is 169 cm³/mol. The van der Waals surface area contributed by atoms with Crippen molar-refractivity contribution in [3.8, 4) is 27.6 Å². The van der Waals surface area contributed by atoms with E-state index in [4.69, 9.17) is 17.9 Å². The summed E-state index contributed by atoms with van der Waals surface area (Å²) in [5.41, 5.74) is 0.335. The molecule has 0 bridgehead atoms. The minimum absolute atomic E-state index is 0.0151. The van der Waals surface area contributed by atoms with Crippen molar-refractivity contribution < 1.29 is 23.9 Å². The molecule has 0 radical (unpaired) electrons. The number of nitriles is 2. The van der Waals surface area contributed by atoms with Crippen LogP contribution in [0.4, 0.5) is 11.4 Å². The summed E-state index contributed by atoms with van der Waals surface area (Å²) in [5, 5.41) is 18.7. The Morgan fingerprint density at radius 2 is 1.13 bits per heavy atom. The van der Waals surface area contributed by atoms with Crippen LogP contribution >= 0.6 is 22.7 Å². The Bertz CT molecular complexity index is 2330. The summed E-state index contributed by atoms with van der Waals surface area (Å²) in [4.78, 5) is 62.3. The maximum Gasteiger partial charge on any atom is 0.197 e. The van der Waals surface area contributed by atoms with Gasteiger partial charge < -0.3 is 4.74 Å². The van der Waals surface area contributed by atoms with Crippen molar-refractivity contribution in [2.24, 2.45) is 0 Å². The SMILES string of the molecule is [C-]#[N+]c1cc2c(cc1[N+]#[C-])C(=O)C(=Cc1cc3c(s1)-c1sc(C=C4C(=O)c5cc(C#N)c(C#N)cc5C4=O)cc1OC3(C)C)C2=O. The maximum atomic E-state index is 13.2. The quantitative estimate of drug-likeness (QED) is 0.124. The maximum absolute atomic E-state index is 13.2. The molecule has 0 N–H and O–H groups in total. The van der Waals surface area contributed by atoms with E-state index in [-0.39, 0.29) is 55.9 Å². The summed E-state index contributed by atoms with van der Waals surface area (Å²) in [6.45, 7) is 18.4. The number of rotatable bonds is 2. The third-order valence-electron chi connectivity index (χ3n) is 7.97. The average molecular weight is 635 g/mol. The van der Waals surface area contributed by atoms with E-state index in [1.807, 2.05) is 32.1 Å². The molecule has 3 heterocycles. The van der Waals surface area contributed by atoms with E-state index in [0.717, 1.165) is 15.3 Å². The van der Waals surface area contributed by atoms with Crippen molar-refractivity contribution in [2.75, 3.05) is 0 Å². The topological polar surface area (TPSA) is 134 Å². The molecule has 46 heavy (non-hydrogen) atoms. The molecule has 2 aromatic carbocycles. The highest BCUT2D eigenvalue weighted by atomic mass is 32.1. The van der Waals surface area contributed by atoms with Crippen LogP contribution in [0.25, 0.3) is 31.6 Å². The second kappa shape index (κ2) is 9.89. The molecule has 0 spiro atoms. The first-order valence-corrected chi connectivity index (χ1v) is 15.1. The summed E-state index contributed by atoms with van der Waals surface area (Å²) in [7, 11) is 0. The Morgan fingerprint density at radius 3 is 1.59 bits per heavy atom. The van der Waals surface area contributed by atoms with E-state index >= 15 is 0 Å². The highest BCUT2D eigenvalue weighted by Crippen LogP contribution is 2.53. The first-order chi connectivity index (χ1) is 22.0. The molecular weight excluding hydrogens is 621 g/mol. The molecule has 0 amide bonds. The number of carbonyl (C=O) groups excluding carboxylic acids is 4. The third-order valence-corrected chi connectivity index (χ3v) is 10.3. The van der Waals surface area contributed by atoms with Gasteiger partial charge in [-0.3, -0.25) is 28.9 Å². The monoisotopic (exact) mass is 634 g/mol. The van der Waals surface area contributed by atoms with Gasteiger partial charge in [0, 0.05) is 37.6 Å². The zero-order valence-corrected chi connectivity index (χ0v) is 25.4. The lowest BCUT2D eigenvalue weighted by atomic mass is 9.95. The molecule has 0 saturated heterocycles. The molecule has 2 aliphatic carbocycles. The van der Waals surface area contributed by atoms with Gasteiger partial charge in [0.05, 0.1) is 45.2 Å². The zero-order valence-electron chi connectivity index (χ0n) is 23.8. The molecule has 4 aromatic rings. The fraction of sp³-hybridized carbons (Fsp3) is 0.0857. The molecule has 1 aliphatic heterocycles. The normalized spacial score (nSPS) is 15.1. The number of benzene rings is 2. The molecular formula is C35H14N4O5S2. The van der Waals surface area contributed by atoms with Crippen molar-refractivity contribution >= 4 is 69.3 Å². The number of hydrogen-bond donors (Lipinski definition) is 0. The summed E-state index contributed by atoms with van der Waals surface area (Å²) in [5.74, 6) is -1.53. The van der Waals surface area contributed by atoms with Crippen molar-refractivity contribution in [1.82, 2.24) is 0 Å². The van der Waals surface area contributed by atoms with Crippen LogP contribution in [0.5, 0.6) is 5.75 Å². The highest BCUT2D eigenvalue weighted by molar-refractivity contribution is 7.23. The Labute approximate surface area is 269 Å². The first-order valence-electron chi connectivity index (χ1n) is 13.5. The third kappa shape index (κ3) is 4.01. The van der Waals surface area contributed by atoms with Gasteiger partial charge in [0.15, 0.2) is 34.5 Å². The first kappa shape index (κ1) is 28.5. The number of ketones is 4. The van der Waals surface area contributed by atoms with Crippen LogP contribution in [-0.2, 0) is 5.60 Å². The number of nitrogens with zero attached hydrogens (tertiary/aromatic N) is 4. The number of thiophene rings is 2. The van der Waals surface area contributed by atoms with Crippen LogP contribution in [0.1, 0.15) is 81.7 Å². The van der Waals surface area contributed by atoms with E-state index < -0.39 is 28.7 Å². The van der Waals surface area contributed by atoms with Crippen molar-refractivity contribution in [1.29, 1.82) is 10.5 Å². The smallest absolute Gasteiger partial charge is 0.197 e. The molecule has 0 atom stereocenters. The highest BCUT2D eigenvalue weighted by Gasteiger charge is 2.39.